The van der Waals surface area contributed by atoms with E-state index in [4.69, 9.17) is 67.7 Å². The lowest BCUT2D eigenvalue weighted by Gasteiger charge is -2.35. The minimum Gasteiger partial charge on any atom is -0.493 e. The van der Waals surface area contributed by atoms with Crippen LogP contribution in [0.3, 0.4) is 0 Å². The van der Waals surface area contributed by atoms with Gasteiger partial charge in [0.2, 0.25) is 53.9 Å². The van der Waals surface area contributed by atoms with Crippen molar-refractivity contribution in [3.05, 3.63) is 153 Å². The molecule has 4 aliphatic rings. The second-order valence-electron chi connectivity index (χ2n) is 40.9. The summed E-state index contributed by atoms with van der Waals surface area (Å²) < 4.78 is 127. The van der Waals surface area contributed by atoms with Crippen LogP contribution in [0, 0.1) is 45.3 Å². The van der Waals surface area contributed by atoms with Gasteiger partial charge in [-0.1, -0.05) is 138 Å². The zero-order valence-electron chi connectivity index (χ0n) is 92.4. The zero-order chi connectivity index (χ0) is 109. The molecule has 5 aromatic rings. The summed E-state index contributed by atoms with van der Waals surface area (Å²) in [6, 6.07) is 28.7. The van der Waals surface area contributed by atoms with Crippen LogP contribution < -0.4 is 57.2 Å². The lowest BCUT2D eigenvalue weighted by Crippen LogP contribution is -2.49. The Morgan fingerprint density at radius 2 is 0.685 bits per heavy atom. The summed E-state index contributed by atoms with van der Waals surface area (Å²) >= 11 is 0. The van der Waals surface area contributed by atoms with Gasteiger partial charge in [-0.25, -0.2) is 56.8 Å². The summed E-state index contributed by atoms with van der Waals surface area (Å²) in [5, 5.41) is 5.85. The number of sulfonamides is 3. The Bertz CT molecular complexity index is 5590. The van der Waals surface area contributed by atoms with Crippen LogP contribution in [0.4, 0.5) is 4.79 Å². The van der Waals surface area contributed by atoms with Crippen molar-refractivity contribution < 1.29 is 113 Å². The summed E-state index contributed by atoms with van der Waals surface area (Å²) in [5.41, 5.74) is 24.3. The Labute approximate surface area is 867 Å². The zero-order valence-corrected chi connectivity index (χ0v) is 93.8. The summed E-state index contributed by atoms with van der Waals surface area (Å²) in [5.74, 6) is 3.52. The highest BCUT2D eigenvalue weighted by Gasteiger charge is 2.44. The molecule has 0 fully saturated rings. The number of hydroxylamine groups is 4. The van der Waals surface area contributed by atoms with Crippen molar-refractivity contribution in [3.8, 4) is 23.0 Å². The van der Waals surface area contributed by atoms with Crippen LogP contribution in [0.5, 0.6) is 23.0 Å². The summed E-state index contributed by atoms with van der Waals surface area (Å²) in [6.07, 6.45) is 6.98. The van der Waals surface area contributed by atoms with Crippen molar-refractivity contribution in [1.29, 1.82) is 0 Å². The van der Waals surface area contributed by atoms with Gasteiger partial charge in [0.05, 0.1) is 105 Å². The highest BCUT2D eigenvalue weighted by molar-refractivity contribution is 7.88. The van der Waals surface area contributed by atoms with E-state index in [-0.39, 0.29) is 129 Å². The van der Waals surface area contributed by atoms with Gasteiger partial charge >= 0.3 is 31.4 Å². The first kappa shape index (κ1) is 124. The van der Waals surface area contributed by atoms with Gasteiger partial charge in [-0.3, -0.25) is 58.6 Å². The number of nitrogens with two attached hydrogens (primary N) is 1. The Kier molecular flexibility index (Phi) is 47.9. The number of nitrogens with zero attached hydrogens (tertiary/aromatic N) is 9. The molecule has 12 atom stereocenters. The molecule has 0 aliphatic carbocycles. The molecule has 43 heteroatoms. The van der Waals surface area contributed by atoms with Gasteiger partial charge in [0.25, 0.3) is 0 Å². The minimum absolute atomic E-state index is 0. The predicted octanol–water partition coefficient (Wildman–Crippen LogP) is 10.9. The third-order valence-electron chi connectivity index (χ3n) is 26.9. The van der Waals surface area contributed by atoms with E-state index in [1.54, 1.807) is 42.3 Å². The van der Waals surface area contributed by atoms with Gasteiger partial charge in [-0.15, -0.1) is 0 Å². The largest absolute Gasteiger partial charge is 1.00 e. The number of carbonyl (C=O) groups is 5. The van der Waals surface area contributed by atoms with Gasteiger partial charge in [-0.2, -0.15) is 12.9 Å². The Hall–Kier alpha value is -10.9. The summed E-state index contributed by atoms with van der Waals surface area (Å²) in [4.78, 5) is 105. The van der Waals surface area contributed by atoms with Gasteiger partial charge in [0.1, 0.15) is 53.8 Å². The molecule has 0 aromatic heterocycles. The molecule has 0 saturated carbocycles. The minimum atomic E-state index is -3.59. The third-order valence-corrected chi connectivity index (χ3v) is 30.6. The standard InChI is InChI=1S/C31H44N4O6.C25H42N4O6S.C24H40N4O6S.C23H38N4O6S/c1-21(17-31(3,4)22(2)41-34-29(32-5)33-6)19-39-26-14-13-24-16-27(28(36)38-7)35(18-25(24)15-26)30(37)40-20-23-11-9-8-10-12-23;1-17(14-25(3,4)18(2)35-27-24(26-5)28(6)7)16-34-21-11-10-19-13-22(23(30)33-8)29(36(9,31)32)15-20(19)12-21;1-16(13-24(3,4)17(2)34-27-23(25-5)26-6)15-33-20-10-9-18-12-21(22(29)32-7)28(35(8,30)31)14-19(18)11-20;1-15(12-23(3,4)16(2)33-26-22(24)25-5)14-32-19-9-8-17-11-20(21(28)31-6)27(34(7,29)30)13-18(17)10-19/h8-15,21-22,27H,16-20H2,1-7H3,(H2,32,33,34);10-12,17-18,22H,13-16H2,1-9H3,(H,26,27);9-11,16-17,21H,12-15H2,1-8H3,(H2,25,26,27);8-10,15-16,20H,11-14H2,1-7H3,(H3,24,25,26)/p+1. The Morgan fingerprint density at radius 1 is 0.404 bits per heavy atom. The number of ether oxygens (including phenoxy) is 9. The van der Waals surface area contributed by atoms with Gasteiger partial charge in [0.15, 0.2) is 0 Å². The summed E-state index contributed by atoms with van der Waals surface area (Å²) in [7, 11) is 8.32. The molecule has 4 aliphatic heterocycles. The predicted molar refractivity (Wildman–Crippen MR) is 565 cm³/mol. The van der Waals surface area contributed by atoms with E-state index in [0.717, 1.165) is 94.5 Å². The maximum Gasteiger partial charge on any atom is 1.00 e. The fourth-order valence-electron chi connectivity index (χ4n) is 17.4. The van der Waals surface area contributed by atoms with Crippen LogP contribution in [0.25, 0.3) is 0 Å². The number of benzene rings is 5. The SMILES string of the molecule is CN=C(N)NOC(C)C(C)(C)CC(C)COc1ccc2c(c1)CN(S(C)(=O)=O)C(C(=O)OC)C2.CN=C(NC)NOC(C)C(C)(C)CC(C)COc1ccc2c(c1)CN(C(=O)OCc1ccccc1)C(C(=O)OC)C2.CN=C(NC)NOC(C)C(C)(C)CC(C)COc1ccc2c(c1)CN(S(C)(=O)=O)C(C(=O)OC)C2.CN=C(NOC(C)C(C)(C)CC(C)COc1ccc2c(c1)CN(S(C)(=O)=O)C(C(=O)OC)C2)N(C)C.[H+]. The highest BCUT2D eigenvalue weighted by Crippen LogP contribution is 2.40. The van der Waals surface area contributed by atoms with Crippen LogP contribution in [-0.4, -0.2) is 280 Å². The molecule has 9 rings (SSSR count). The van der Waals surface area contributed by atoms with Gasteiger partial charge in [-0.05, 0) is 197 Å². The molecule has 1 amide bonds. The average molecular weight is 2110 g/mol. The van der Waals surface area contributed by atoms with Crippen molar-refractivity contribution in [1.82, 2.24) is 55.3 Å². The maximum atomic E-state index is 13.1. The van der Waals surface area contributed by atoms with Crippen molar-refractivity contribution in [2.75, 3.05) is 130 Å². The van der Waals surface area contributed by atoms with Crippen LogP contribution in [0.15, 0.2) is 123 Å². The molecule has 146 heavy (non-hydrogen) atoms. The number of hydrogen-bond donors (Lipinski definition) is 7. The van der Waals surface area contributed by atoms with Gasteiger partial charge in [0, 0.05) is 102 Å². The molecule has 0 saturated heterocycles. The fraction of sp³-hybridized carbons (Fsp3) is 0.621. The van der Waals surface area contributed by atoms with E-state index < -0.39 is 84.2 Å². The maximum absolute atomic E-state index is 13.1. The molecule has 0 bridgehead atoms. The monoisotopic (exact) mass is 2110 g/mol. The second kappa shape index (κ2) is 56.5. The molecular weight excluding hydrogens is 1940 g/mol. The van der Waals surface area contributed by atoms with Crippen LogP contribution in [0.2, 0.25) is 0 Å². The molecule has 0 radical (unpaired) electrons. The van der Waals surface area contributed by atoms with Crippen LogP contribution >= 0.6 is 0 Å². The third kappa shape index (κ3) is 37.7. The number of amides is 1. The highest BCUT2D eigenvalue weighted by atomic mass is 32.2. The number of carbonyl (C=O) groups excluding carboxylic acids is 5. The van der Waals surface area contributed by atoms with Gasteiger partial charge < -0.3 is 63.9 Å². The molecule has 818 valence electrons. The first-order valence-electron chi connectivity index (χ1n) is 48.9. The van der Waals surface area contributed by atoms with Crippen molar-refractivity contribution in [2.24, 2.45) is 71.0 Å². The van der Waals surface area contributed by atoms with E-state index >= 15 is 0 Å². The number of guanidine groups is 4. The number of esters is 4. The van der Waals surface area contributed by atoms with Crippen LogP contribution in [-0.2, 0) is 151 Å². The van der Waals surface area contributed by atoms with E-state index in [2.05, 4.69) is 136 Å². The lowest BCUT2D eigenvalue weighted by molar-refractivity contribution is -0.147. The molecule has 4 heterocycles. The van der Waals surface area contributed by atoms with Crippen molar-refractivity contribution >= 4 is 83.9 Å². The normalized spacial score (nSPS) is 18.3. The van der Waals surface area contributed by atoms with Crippen molar-refractivity contribution in [2.45, 2.75) is 244 Å². The van der Waals surface area contributed by atoms with E-state index in [9.17, 15) is 49.2 Å². The van der Waals surface area contributed by atoms with E-state index in [1.807, 2.05) is 150 Å². The Balaban J connectivity index is 0.000000345. The van der Waals surface area contributed by atoms with E-state index in [0.29, 0.717) is 73.7 Å². The smallest absolute Gasteiger partial charge is 0.493 e. The van der Waals surface area contributed by atoms with Crippen molar-refractivity contribution in [3.63, 3.8) is 0 Å². The molecule has 5 aromatic carbocycles. The van der Waals surface area contributed by atoms with E-state index in [1.165, 1.54) is 46.3 Å². The number of aliphatic imine (C=N–C) groups is 4. The number of fused-ring (bicyclic) bond motifs is 4. The topological polar surface area (TPSA) is 472 Å². The number of nitrogens with one attached hydrogen (secondary N) is 6. The summed E-state index contributed by atoms with van der Waals surface area (Å²) in [6.45, 7) is 36.4. The second-order valence-corrected chi connectivity index (χ2v) is 46.7. The lowest BCUT2D eigenvalue weighted by atomic mass is 9.79. The van der Waals surface area contributed by atoms with Crippen LogP contribution in [0.1, 0.15) is 188 Å². The average Bonchev–Trinajstić information content (AvgIpc) is 0.774. The number of methoxy groups -OCH3 is 4. The molecule has 0 spiro atoms. The number of rotatable bonds is 41. The fourth-order valence-corrected chi connectivity index (χ4v) is 20.4. The quantitative estimate of drug-likeness (QED) is 0.00628. The Morgan fingerprint density at radius 3 is 0.952 bits per heavy atom. The molecule has 40 nitrogen and oxygen atoms in total. The number of hydrogen-bond acceptors (Lipinski definition) is 28. The first-order valence-corrected chi connectivity index (χ1v) is 54.4. The molecular formula is C103H165N16O24S3+. The molecule has 8 N–H and O–H groups in total. The first-order chi connectivity index (χ1) is 68.4. The molecule has 12 unspecified atom stereocenters.